The number of hydrogen-bond acceptors (Lipinski definition) is 5. The maximum absolute atomic E-state index is 13.2. The first kappa shape index (κ1) is 24.7. The molecule has 1 saturated heterocycles. The number of sulfonamides is 1. The number of amides is 1. The molecule has 1 aliphatic carbocycles. The van der Waals surface area contributed by atoms with Gasteiger partial charge in [-0.2, -0.15) is 4.31 Å². The zero-order valence-corrected chi connectivity index (χ0v) is 20.5. The van der Waals surface area contributed by atoms with Gasteiger partial charge < -0.3 is 15.2 Å². The van der Waals surface area contributed by atoms with Gasteiger partial charge in [-0.05, 0) is 86.4 Å². The highest BCUT2D eigenvalue weighted by molar-refractivity contribution is 7.89. The average molecular weight is 487 g/mol. The number of fused-ring (bicyclic) bond motifs is 1. The summed E-state index contributed by atoms with van der Waals surface area (Å²) >= 11 is 0. The van der Waals surface area contributed by atoms with Gasteiger partial charge in [0, 0.05) is 25.6 Å². The fraction of sp³-hybridized carbons (Fsp3) is 0.500. The summed E-state index contributed by atoms with van der Waals surface area (Å²) in [7, 11) is -3.56. The minimum atomic E-state index is -3.56. The Morgan fingerprint density at radius 2 is 1.85 bits per heavy atom. The van der Waals surface area contributed by atoms with Gasteiger partial charge in [-0.3, -0.25) is 4.79 Å². The predicted octanol–water partition coefficient (Wildman–Crippen LogP) is 2.83. The molecular formula is C26H34N2O5S. The van der Waals surface area contributed by atoms with Crippen LogP contribution in [0.4, 0.5) is 0 Å². The van der Waals surface area contributed by atoms with Gasteiger partial charge in [0.05, 0.1) is 4.90 Å². The molecule has 1 amide bonds. The average Bonchev–Trinajstić information content (AvgIpc) is 2.86. The number of piperidine rings is 1. The molecule has 1 heterocycles. The van der Waals surface area contributed by atoms with E-state index in [4.69, 9.17) is 4.74 Å². The molecule has 1 unspecified atom stereocenters. The van der Waals surface area contributed by atoms with Gasteiger partial charge in [0.25, 0.3) is 0 Å². The number of nitrogens with one attached hydrogen (secondary N) is 1. The molecular weight excluding hydrogens is 452 g/mol. The third-order valence-corrected chi connectivity index (χ3v) is 8.62. The maximum Gasteiger partial charge on any atom is 0.243 e. The van der Waals surface area contributed by atoms with E-state index in [9.17, 15) is 18.3 Å². The van der Waals surface area contributed by atoms with E-state index in [2.05, 4.69) is 5.32 Å². The van der Waals surface area contributed by atoms with E-state index in [-0.39, 0.29) is 25.0 Å². The Kier molecular flexibility index (Phi) is 7.91. The highest BCUT2D eigenvalue weighted by atomic mass is 32.2. The molecule has 2 aromatic carbocycles. The van der Waals surface area contributed by atoms with Crippen LogP contribution in [0.15, 0.2) is 47.4 Å². The summed E-state index contributed by atoms with van der Waals surface area (Å²) in [5.74, 6) is 0.262. The number of aryl methyl sites for hydroxylation is 3. The van der Waals surface area contributed by atoms with E-state index in [0.717, 1.165) is 36.8 Å². The summed E-state index contributed by atoms with van der Waals surface area (Å²) < 4.78 is 33.4. The standard InChI is InChI=1S/C26H34N2O5S/c1-19-5-4-8-24(15-19)33-18-23(29)17-27-26(30)21-11-13-28(14-12-21)34(31,32)25-10-9-20-6-2-3-7-22(20)16-25/h4-5,8-10,15-16,21,23,29H,2-3,6-7,11-14,17-18H2,1H3,(H,27,30). The van der Waals surface area contributed by atoms with Gasteiger partial charge >= 0.3 is 0 Å². The second-order valence-electron chi connectivity index (χ2n) is 9.34. The lowest BCUT2D eigenvalue weighted by molar-refractivity contribution is -0.126. The summed E-state index contributed by atoms with van der Waals surface area (Å²) in [6.07, 6.45) is 4.31. The second kappa shape index (κ2) is 10.9. The molecule has 184 valence electrons. The molecule has 0 aromatic heterocycles. The molecule has 1 aliphatic heterocycles. The number of carbonyl (C=O) groups is 1. The fourth-order valence-electron chi connectivity index (χ4n) is 4.70. The lowest BCUT2D eigenvalue weighted by atomic mass is 9.92. The summed E-state index contributed by atoms with van der Waals surface area (Å²) in [5.41, 5.74) is 3.47. The van der Waals surface area contributed by atoms with Gasteiger partial charge in [-0.1, -0.05) is 18.2 Å². The number of ether oxygens (including phenoxy) is 1. The smallest absolute Gasteiger partial charge is 0.243 e. The minimum absolute atomic E-state index is 0.0845. The Morgan fingerprint density at radius 3 is 2.59 bits per heavy atom. The van der Waals surface area contributed by atoms with Crippen molar-refractivity contribution in [2.75, 3.05) is 26.2 Å². The van der Waals surface area contributed by atoms with Crippen molar-refractivity contribution in [2.45, 2.75) is 56.4 Å². The van der Waals surface area contributed by atoms with Crippen molar-refractivity contribution in [1.82, 2.24) is 9.62 Å². The lowest BCUT2D eigenvalue weighted by Gasteiger charge is -2.31. The van der Waals surface area contributed by atoms with E-state index in [1.54, 1.807) is 6.07 Å². The number of rotatable bonds is 8. The van der Waals surface area contributed by atoms with Crippen LogP contribution in [0.1, 0.15) is 42.4 Å². The number of carbonyl (C=O) groups excluding carboxylic acids is 1. The van der Waals surface area contributed by atoms with Crippen LogP contribution < -0.4 is 10.1 Å². The largest absolute Gasteiger partial charge is 0.491 e. The molecule has 34 heavy (non-hydrogen) atoms. The van der Waals surface area contributed by atoms with Crippen LogP contribution in [0.2, 0.25) is 0 Å². The summed E-state index contributed by atoms with van der Waals surface area (Å²) in [5, 5.41) is 12.9. The highest BCUT2D eigenvalue weighted by Gasteiger charge is 2.32. The molecule has 0 saturated carbocycles. The van der Waals surface area contributed by atoms with Crippen molar-refractivity contribution in [2.24, 2.45) is 5.92 Å². The quantitative estimate of drug-likeness (QED) is 0.598. The summed E-state index contributed by atoms with van der Waals surface area (Å²) in [6.45, 7) is 2.78. The van der Waals surface area contributed by atoms with Crippen molar-refractivity contribution in [3.8, 4) is 5.75 Å². The van der Waals surface area contributed by atoms with Crippen LogP contribution in [-0.4, -0.2) is 56.1 Å². The van der Waals surface area contributed by atoms with Crippen LogP contribution in [-0.2, 0) is 27.7 Å². The van der Waals surface area contributed by atoms with E-state index >= 15 is 0 Å². The summed E-state index contributed by atoms with van der Waals surface area (Å²) in [6, 6.07) is 13.1. The lowest BCUT2D eigenvalue weighted by Crippen LogP contribution is -2.44. The first-order valence-electron chi connectivity index (χ1n) is 12.1. The van der Waals surface area contributed by atoms with Crippen LogP contribution in [0.5, 0.6) is 5.75 Å². The van der Waals surface area contributed by atoms with Crippen LogP contribution in [0.25, 0.3) is 0 Å². The fourth-order valence-corrected chi connectivity index (χ4v) is 6.22. The van der Waals surface area contributed by atoms with Crippen LogP contribution in [0.3, 0.4) is 0 Å². The minimum Gasteiger partial charge on any atom is -0.491 e. The zero-order valence-electron chi connectivity index (χ0n) is 19.7. The predicted molar refractivity (Wildman–Crippen MR) is 130 cm³/mol. The van der Waals surface area contributed by atoms with E-state index in [1.807, 2.05) is 43.3 Å². The number of nitrogens with zero attached hydrogens (tertiary/aromatic N) is 1. The Balaban J connectivity index is 1.24. The Labute approximate surface area is 202 Å². The van der Waals surface area contributed by atoms with Crippen molar-refractivity contribution >= 4 is 15.9 Å². The van der Waals surface area contributed by atoms with Crippen molar-refractivity contribution < 1.29 is 23.1 Å². The van der Waals surface area contributed by atoms with Crippen molar-refractivity contribution in [3.05, 3.63) is 59.2 Å². The molecule has 0 bridgehead atoms. The first-order valence-corrected chi connectivity index (χ1v) is 13.5. The van der Waals surface area contributed by atoms with Gasteiger partial charge in [0.1, 0.15) is 18.5 Å². The number of aliphatic hydroxyl groups is 1. The molecule has 0 radical (unpaired) electrons. The molecule has 8 heteroatoms. The topological polar surface area (TPSA) is 95.9 Å². The Bertz CT molecular complexity index is 1110. The molecule has 4 rings (SSSR count). The highest BCUT2D eigenvalue weighted by Crippen LogP contribution is 2.28. The second-order valence-corrected chi connectivity index (χ2v) is 11.3. The van der Waals surface area contributed by atoms with Gasteiger partial charge in [-0.25, -0.2) is 8.42 Å². The SMILES string of the molecule is Cc1cccc(OCC(O)CNC(=O)C2CCN(S(=O)(=O)c3ccc4c(c3)CCCC4)CC2)c1. The van der Waals surface area contributed by atoms with E-state index in [0.29, 0.717) is 36.6 Å². The van der Waals surface area contributed by atoms with Crippen LogP contribution >= 0.6 is 0 Å². The van der Waals surface area contributed by atoms with Crippen LogP contribution in [0, 0.1) is 12.8 Å². The summed E-state index contributed by atoms with van der Waals surface area (Å²) in [4.78, 5) is 12.9. The Morgan fingerprint density at radius 1 is 1.12 bits per heavy atom. The van der Waals surface area contributed by atoms with Crippen molar-refractivity contribution in [1.29, 1.82) is 0 Å². The monoisotopic (exact) mass is 486 g/mol. The van der Waals surface area contributed by atoms with Crippen molar-refractivity contribution in [3.63, 3.8) is 0 Å². The van der Waals surface area contributed by atoms with Gasteiger partial charge in [0.15, 0.2) is 0 Å². The zero-order chi connectivity index (χ0) is 24.1. The van der Waals surface area contributed by atoms with Gasteiger partial charge in [-0.15, -0.1) is 0 Å². The molecule has 2 aliphatic rings. The normalized spacial score (nSPS) is 18.2. The third kappa shape index (κ3) is 5.98. The molecule has 7 nitrogen and oxygen atoms in total. The first-order chi connectivity index (χ1) is 16.3. The molecule has 0 spiro atoms. The molecule has 2 N–H and O–H groups in total. The number of benzene rings is 2. The number of aliphatic hydroxyl groups excluding tert-OH is 1. The van der Waals surface area contributed by atoms with Gasteiger partial charge in [0.2, 0.25) is 15.9 Å². The number of hydrogen-bond donors (Lipinski definition) is 2. The molecule has 2 aromatic rings. The van der Waals surface area contributed by atoms with E-state index < -0.39 is 16.1 Å². The maximum atomic E-state index is 13.2. The Hall–Kier alpha value is -2.42. The molecule has 1 atom stereocenters. The van der Waals surface area contributed by atoms with E-state index in [1.165, 1.54) is 9.87 Å². The molecule has 1 fully saturated rings. The third-order valence-electron chi connectivity index (χ3n) is 6.73.